The van der Waals surface area contributed by atoms with E-state index in [1.54, 1.807) is 9.47 Å². The second kappa shape index (κ2) is 4.90. The van der Waals surface area contributed by atoms with E-state index in [1.807, 2.05) is 6.92 Å². The van der Waals surface area contributed by atoms with Gasteiger partial charge in [0.25, 0.3) is 11.6 Å². The predicted octanol–water partition coefficient (Wildman–Crippen LogP) is 1.17. The number of carbonyl (C=O) groups excluding carboxylic acids is 1. The van der Waals surface area contributed by atoms with Gasteiger partial charge < -0.3 is 14.8 Å². The number of carbonyl (C=O) groups is 1. The maximum absolute atomic E-state index is 12.7. The molecule has 1 saturated heterocycles. The van der Waals surface area contributed by atoms with Crippen molar-refractivity contribution < 1.29 is 9.72 Å². The highest BCUT2D eigenvalue weighted by molar-refractivity contribution is 5.94. The van der Waals surface area contributed by atoms with E-state index in [0.717, 1.165) is 25.9 Å². The lowest BCUT2D eigenvalue weighted by molar-refractivity contribution is -0.384. The summed E-state index contributed by atoms with van der Waals surface area (Å²) in [4.78, 5) is 25.0. The van der Waals surface area contributed by atoms with Crippen molar-refractivity contribution >= 4 is 11.6 Å². The number of nitrogens with one attached hydrogen (secondary N) is 1. The summed E-state index contributed by atoms with van der Waals surface area (Å²) < 4.78 is 1.79. The zero-order chi connectivity index (χ0) is 14.3. The SMILES string of the molecule is CC1CNCCN1C(=O)c1cc([N+](=O)[O-])cn1C1CC1. The van der Waals surface area contributed by atoms with E-state index in [4.69, 9.17) is 0 Å². The van der Waals surface area contributed by atoms with Crippen molar-refractivity contribution in [2.24, 2.45) is 0 Å². The molecule has 0 bridgehead atoms. The fraction of sp³-hybridized carbons (Fsp3) is 0.615. The number of nitro groups is 1. The second-order valence-corrected chi connectivity index (χ2v) is 5.53. The molecule has 0 radical (unpaired) electrons. The Morgan fingerprint density at radius 1 is 1.50 bits per heavy atom. The fourth-order valence-electron chi connectivity index (χ4n) is 2.68. The van der Waals surface area contributed by atoms with Crippen LogP contribution in [0.3, 0.4) is 0 Å². The first kappa shape index (κ1) is 13.1. The van der Waals surface area contributed by atoms with E-state index >= 15 is 0 Å². The molecule has 1 aliphatic heterocycles. The highest BCUT2D eigenvalue weighted by Gasteiger charge is 2.33. The summed E-state index contributed by atoms with van der Waals surface area (Å²) in [7, 11) is 0. The number of hydrogen-bond donors (Lipinski definition) is 1. The molecule has 0 aromatic carbocycles. The Kier molecular flexibility index (Phi) is 3.21. The molecule has 7 nitrogen and oxygen atoms in total. The zero-order valence-corrected chi connectivity index (χ0v) is 11.4. The third kappa shape index (κ3) is 2.29. The minimum Gasteiger partial charge on any atom is -0.334 e. The monoisotopic (exact) mass is 278 g/mol. The van der Waals surface area contributed by atoms with Crippen LogP contribution in [0.25, 0.3) is 0 Å². The maximum atomic E-state index is 12.7. The van der Waals surface area contributed by atoms with E-state index in [2.05, 4.69) is 5.32 Å². The molecule has 1 amide bonds. The van der Waals surface area contributed by atoms with Crippen LogP contribution >= 0.6 is 0 Å². The average Bonchev–Trinajstić information content (AvgIpc) is 3.17. The van der Waals surface area contributed by atoms with Gasteiger partial charge in [-0.2, -0.15) is 0 Å². The molecule has 1 aliphatic carbocycles. The van der Waals surface area contributed by atoms with Crippen molar-refractivity contribution in [2.45, 2.75) is 31.8 Å². The van der Waals surface area contributed by atoms with E-state index in [0.29, 0.717) is 12.2 Å². The molecule has 0 spiro atoms. The number of hydrogen-bond acceptors (Lipinski definition) is 4. The summed E-state index contributed by atoms with van der Waals surface area (Å²) in [6, 6.07) is 1.77. The van der Waals surface area contributed by atoms with Gasteiger partial charge in [0.2, 0.25) is 0 Å². The second-order valence-electron chi connectivity index (χ2n) is 5.53. The molecule has 3 rings (SSSR count). The van der Waals surface area contributed by atoms with Crippen LogP contribution in [0.1, 0.15) is 36.3 Å². The van der Waals surface area contributed by atoms with Crippen LogP contribution in [-0.2, 0) is 0 Å². The van der Waals surface area contributed by atoms with Gasteiger partial charge in [-0.05, 0) is 19.8 Å². The summed E-state index contributed by atoms with van der Waals surface area (Å²) in [5.41, 5.74) is 0.455. The van der Waals surface area contributed by atoms with Gasteiger partial charge in [0.1, 0.15) is 5.69 Å². The first-order valence-corrected chi connectivity index (χ1v) is 6.96. The Bertz CT molecular complexity index is 550. The van der Waals surface area contributed by atoms with Crippen LogP contribution in [0.5, 0.6) is 0 Å². The highest BCUT2D eigenvalue weighted by atomic mass is 16.6. The molecule has 7 heteroatoms. The molecule has 2 aliphatic rings. The standard InChI is InChI=1S/C13H18N4O3/c1-9-7-14-4-5-15(9)13(18)12-6-11(17(19)20)8-16(12)10-2-3-10/h6,8-10,14H,2-5,7H2,1H3. The van der Waals surface area contributed by atoms with Gasteiger partial charge in [0, 0.05) is 37.8 Å². The van der Waals surface area contributed by atoms with Crippen LogP contribution in [0, 0.1) is 10.1 Å². The van der Waals surface area contributed by atoms with Crippen LogP contribution in [-0.4, -0.2) is 46.0 Å². The van der Waals surface area contributed by atoms with E-state index in [1.165, 1.54) is 12.3 Å². The third-order valence-corrected chi connectivity index (χ3v) is 3.97. The highest BCUT2D eigenvalue weighted by Crippen LogP contribution is 2.38. The van der Waals surface area contributed by atoms with Crippen LogP contribution < -0.4 is 5.32 Å². The van der Waals surface area contributed by atoms with Crippen molar-refractivity contribution in [1.82, 2.24) is 14.8 Å². The van der Waals surface area contributed by atoms with Crippen molar-refractivity contribution in [1.29, 1.82) is 0 Å². The number of piperazine rings is 1. The van der Waals surface area contributed by atoms with Crippen molar-refractivity contribution in [2.75, 3.05) is 19.6 Å². The molecule has 1 unspecified atom stereocenters. The number of amides is 1. The summed E-state index contributed by atoms with van der Waals surface area (Å²) in [5.74, 6) is -0.0981. The van der Waals surface area contributed by atoms with Gasteiger partial charge in [0.15, 0.2) is 0 Å². The Morgan fingerprint density at radius 2 is 2.25 bits per heavy atom. The average molecular weight is 278 g/mol. The third-order valence-electron chi connectivity index (χ3n) is 3.97. The van der Waals surface area contributed by atoms with Crippen LogP contribution in [0.4, 0.5) is 5.69 Å². The first-order chi connectivity index (χ1) is 9.58. The molecule has 1 aromatic rings. The zero-order valence-electron chi connectivity index (χ0n) is 11.4. The Labute approximate surface area is 116 Å². The maximum Gasteiger partial charge on any atom is 0.287 e. The van der Waals surface area contributed by atoms with Gasteiger partial charge in [-0.3, -0.25) is 14.9 Å². The predicted molar refractivity (Wildman–Crippen MR) is 72.7 cm³/mol. The molecule has 1 atom stereocenters. The number of rotatable bonds is 3. The quantitative estimate of drug-likeness (QED) is 0.664. The molecular formula is C13H18N4O3. The Morgan fingerprint density at radius 3 is 2.85 bits per heavy atom. The smallest absolute Gasteiger partial charge is 0.287 e. The van der Waals surface area contributed by atoms with Gasteiger partial charge in [-0.15, -0.1) is 0 Å². The van der Waals surface area contributed by atoms with Gasteiger partial charge in [0.05, 0.1) is 11.1 Å². The molecule has 2 heterocycles. The summed E-state index contributed by atoms with van der Waals surface area (Å²) in [5, 5.41) is 14.2. The minimum atomic E-state index is -0.434. The van der Waals surface area contributed by atoms with E-state index in [-0.39, 0.29) is 23.7 Å². The first-order valence-electron chi connectivity index (χ1n) is 6.96. The fourth-order valence-corrected chi connectivity index (χ4v) is 2.68. The minimum absolute atomic E-state index is 0.00281. The topological polar surface area (TPSA) is 80.4 Å². The molecule has 1 saturated carbocycles. The van der Waals surface area contributed by atoms with Crippen molar-refractivity contribution in [3.63, 3.8) is 0 Å². The van der Waals surface area contributed by atoms with Gasteiger partial charge >= 0.3 is 0 Å². The van der Waals surface area contributed by atoms with Crippen LogP contribution in [0.2, 0.25) is 0 Å². The Hall–Kier alpha value is -1.89. The molecule has 108 valence electrons. The largest absolute Gasteiger partial charge is 0.334 e. The van der Waals surface area contributed by atoms with Crippen molar-refractivity contribution in [3.05, 3.63) is 28.1 Å². The van der Waals surface area contributed by atoms with Crippen LogP contribution in [0.15, 0.2) is 12.3 Å². The lowest BCUT2D eigenvalue weighted by Crippen LogP contribution is -2.52. The molecule has 1 N–H and O–H groups in total. The Balaban J connectivity index is 1.91. The normalized spacial score (nSPS) is 22.9. The molecule has 2 fully saturated rings. The summed E-state index contributed by atoms with van der Waals surface area (Å²) >= 11 is 0. The summed E-state index contributed by atoms with van der Waals surface area (Å²) in [6.45, 7) is 4.16. The van der Waals surface area contributed by atoms with Gasteiger partial charge in [-0.25, -0.2) is 0 Å². The molecule has 20 heavy (non-hydrogen) atoms. The lowest BCUT2D eigenvalue weighted by Gasteiger charge is -2.34. The summed E-state index contributed by atoms with van der Waals surface area (Å²) in [6.07, 6.45) is 3.48. The van der Waals surface area contributed by atoms with E-state index < -0.39 is 4.92 Å². The van der Waals surface area contributed by atoms with Crippen molar-refractivity contribution in [3.8, 4) is 0 Å². The molecule has 1 aromatic heterocycles. The lowest BCUT2D eigenvalue weighted by atomic mass is 10.2. The number of nitrogens with zero attached hydrogens (tertiary/aromatic N) is 3. The molecular weight excluding hydrogens is 260 g/mol. The van der Waals surface area contributed by atoms with Gasteiger partial charge in [-0.1, -0.05) is 0 Å². The van der Waals surface area contributed by atoms with E-state index in [9.17, 15) is 14.9 Å². The number of aromatic nitrogens is 1.